The van der Waals surface area contributed by atoms with Gasteiger partial charge in [0.05, 0.1) is 34.1 Å². The Hall–Kier alpha value is -1.48. The summed E-state index contributed by atoms with van der Waals surface area (Å²) >= 11 is 13.1. The van der Waals surface area contributed by atoms with E-state index in [1.54, 1.807) is 18.2 Å². The molecule has 2 aromatic rings. The zero-order valence-electron chi connectivity index (χ0n) is 13.1. The third-order valence-corrected chi connectivity index (χ3v) is 5.49. The Bertz CT molecular complexity index is 817. The minimum Gasteiger partial charge on any atom is -0.376 e. The van der Waals surface area contributed by atoms with Gasteiger partial charge in [-0.2, -0.15) is 0 Å². The molecular weight excluding hydrogens is 387 g/mol. The second-order valence-corrected chi connectivity index (χ2v) is 7.22. The van der Waals surface area contributed by atoms with Crippen LogP contribution < -0.4 is 11.0 Å². The predicted octanol–water partition coefficient (Wildman–Crippen LogP) is 2.79. The molecule has 0 spiro atoms. The lowest BCUT2D eigenvalue weighted by molar-refractivity contribution is -0.113. The van der Waals surface area contributed by atoms with E-state index in [1.165, 1.54) is 16.3 Å². The Morgan fingerprint density at radius 1 is 1.48 bits per heavy atom. The summed E-state index contributed by atoms with van der Waals surface area (Å²) in [6.45, 7) is 1.14. The van der Waals surface area contributed by atoms with Crippen LogP contribution in [0.15, 0.2) is 28.2 Å². The van der Waals surface area contributed by atoms with Gasteiger partial charge >= 0.3 is 5.69 Å². The predicted molar refractivity (Wildman–Crippen MR) is 97.6 cm³/mol. The summed E-state index contributed by atoms with van der Waals surface area (Å²) in [5, 5.41) is 10.2. The van der Waals surface area contributed by atoms with E-state index in [2.05, 4.69) is 15.5 Å². The van der Waals surface area contributed by atoms with E-state index in [9.17, 15) is 9.59 Å². The molecule has 1 aliphatic heterocycles. The number of nitrogens with zero attached hydrogens (tertiary/aromatic N) is 2. The van der Waals surface area contributed by atoms with Crippen LogP contribution in [0.5, 0.6) is 0 Å². The highest BCUT2D eigenvalue weighted by Crippen LogP contribution is 2.29. The first-order valence-corrected chi connectivity index (χ1v) is 9.42. The van der Waals surface area contributed by atoms with Gasteiger partial charge in [-0.25, -0.2) is 9.89 Å². The van der Waals surface area contributed by atoms with Crippen molar-refractivity contribution in [3.05, 3.63) is 38.7 Å². The molecule has 2 heterocycles. The number of H-pyrrole nitrogens is 1. The maximum Gasteiger partial charge on any atom is 0.344 e. The number of aromatic nitrogens is 3. The number of hydrogen-bond donors (Lipinski definition) is 2. The summed E-state index contributed by atoms with van der Waals surface area (Å²) in [6, 6.07) is 5.00. The molecule has 10 heteroatoms. The number of amides is 1. The third-order valence-electron chi connectivity index (χ3n) is 3.69. The minimum absolute atomic E-state index is 0.00810. The van der Waals surface area contributed by atoms with Crippen LogP contribution in [0.4, 0.5) is 5.69 Å². The van der Waals surface area contributed by atoms with Crippen LogP contribution >= 0.6 is 35.0 Å². The van der Waals surface area contributed by atoms with Gasteiger partial charge in [-0.15, -0.1) is 5.10 Å². The molecule has 3 rings (SSSR count). The number of hydrogen-bond acceptors (Lipinski definition) is 5. The van der Waals surface area contributed by atoms with Crippen LogP contribution in [0.2, 0.25) is 10.0 Å². The van der Waals surface area contributed by atoms with Crippen molar-refractivity contribution in [3.8, 4) is 0 Å². The summed E-state index contributed by atoms with van der Waals surface area (Å²) in [6.07, 6.45) is 1.91. The van der Waals surface area contributed by atoms with Crippen LogP contribution in [-0.4, -0.2) is 39.1 Å². The molecule has 0 bridgehead atoms. The first-order valence-electron chi connectivity index (χ1n) is 7.68. The molecule has 1 aromatic carbocycles. The number of thioether (sulfide) groups is 1. The lowest BCUT2D eigenvalue weighted by atomic mass is 10.2. The molecule has 1 fully saturated rings. The second-order valence-electron chi connectivity index (χ2n) is 5.50. The van der Waals surface area contributed by atoms with Gasteiger partial charge in [0, 0.05) is 6.61 Å². The highest BCUT2D eigenvalue weighted by Gasteiger charge is 2.20. The summed E-state index contributed by atoms with van der Waals surface area (Å²) in [5.41, 5.74) is 0.134. The molecule has 2 N–H and O–H groups in total. The first-order chi connectivity index (χ1) is 12.0. The van der Waals surface area contributed by atoms with Crippen LogP contribution in [0.25, 0.3) is 0 Å². The molecule has 1 aromatic heterocycles. The van der Waals surface area contributed by atoms with Crippen molar-refractivity contribution in [2.45, 2.75) is 30.6 Å². The molecule has 1 saturated heterocycles. The SMILES string of the molecule is O=C(CSc1n[nH]c(=O)n1C[C@H]1CCCO1)Nc1cccc(Cl)c1Cl. The number of benzene rings is 1. The monoisotopic (exact) mass is 402 g/mol. The summed E-state index contributed by atoms with van der Waals surface area (Å²) in [4.78, 5) is 24.0. The van der Waals surface area contributed by atoms with Crippen LogP contribution in [-0.2, 0) is 16.1 Å². The Morgan fingerprint density at radius 2 is 2.32 bits per heavy atom. The number of anilines is 1. The maximum atomic E-state index is 12.1. The molecule has 1 atom stereocenters. The van der Waals surface area contributed by atoms with E-state index in [-0.39, 0.29) is 28.5 Å². The van der Waals surface area contributed by atoms with Gasteiger partial charge in [0.25, 0.3) is 0 Å². The van der Waals surface area contributed by atoms with Crippen LogP contribution in [0.1, 0.15) is 12.8 Å². The quantitative estimate of drug-likeness (QED) is 0.725. The topological polar surface area (TPSA) is 89.0 Å². The Labute approximate surface area is 158 Å². The van der Waals surface area contributed by atoms with Gasteiger partial charge < -0.3 is 10.1 Å². The smallest absolute Gasteiger partial charge is 0.344 e. The van der Waals surface area contributed by atoms with Crippen LogP contribution in [0.3, 0.4) is 0 Å². The van der Waals surface area contributed by atoms with Crippen molar-refractivity contribution in [1.82, 2.24) is 14.8 Å². The van der Waals surface area contributed by atoms with Gasteiger partial charge in [0.2, 0.25) is 5.91 Å². The molecule has 0 saturated carbocycles. The van der Waals surface area contributed by atoms with Crippen molar-refractivity contribution in [2.75, 3.05) is 17.7 Å². The van der Waals surface area contributed by atoms with Gasteiger partial charge in [-0.3, -0.25) is 9.36 Å². The molecule has 0 radical (unpaired) electrons. The van der Waals surface area contributed by atoms with Crippen molar-refractivity contribution >= 4 is 46.6 Å². The molecule has 0 aliphatic carbocycles. The molecule has 1 aliphatic rings. The van der Waals surface area contributed by atoms with E-state index >= 15 is 0 Å². The normalized spacial score (nSPS) is 17.0. The van der Waals surface area contributed by atoms with E-state index in [0.29, 0.717) is 29.0 Å². The molecule has 134 valence electrons. The maximum absolute atomic E-state index is 12.1. The van der Waals surface area contributed by atoms with Gasteiger partial charge in [0.1, 0.15) is 0 Å². The molecule has 1 amide bonds. The number of ether oxygens (including phenoxy) is 1. The number of halogens is 2. The zero-order chi connectivity index (χ0) is 17.8. The van der Waals surface area contributed by atoms with E-state index in [4.69, 9.17) is 27.9 Å². The van der Waals surface area contributed by atoms with Crippen molar-refractivity contribution < 1.29 is 9.53 Å². The molecule has 0 unspecified atom stereocenters. The average molecular weight is 403 g/mol. The van der Waals surface area contributed by atoms with E-state index < -0.39 is 0 Å². The minimum atomic E-state index is -0.309. The summed E-state index contributed by atoms with van der Waals surface area (Å²) in [7, 11) is 0. The van der Waals surface area contributed by atoms with Gasteiger partial charge in [-0.1, -0.05) is 41.0 Å². The number of carbonyl (C=O) groups is 1. The lowest BCUT2D eigenvalue weighted by Crippen LogP contribution is -2.25. The fourth-order valence-electron chi connectivity index (χ4n) is 2.48. The number of rotatable bonds is 6. The standard InChI is InChI=1S/C15H16Cl2N4O3S/c16-10-4-1-5-11(13(10)17)18-12(22)8-25-15-20-19-14(23)21(15)7-9-3-2-6-24-9/h1,4-5,9H,2-3,6-8H2,(H,18,22)(H,19,23)/t9-/m1/s1. The Kier molecular flexibility index (Phi) is 6.06. The van der Waals surface area contributed by atoms with Crippen LogP contribution in [0, 0.1) is 0 Å². The lowest BCUT2D eigenvalue weighted by Gasteiger charge is -2.11. The zero-order valence-corrected chi connectivity index (χ0v) is 15.5. The molecule has 7 nitrogen and oxygen atoms in total. The summed E-state index contributed by atoms with van der Waals surface area (Å²) < 4.78 is 7.05. The molecular formula is C15H16Cl2N4O3S. The highest BCUT2D eigenvalue weighted by atomic mass is 35.5. The third kappa shape index (κ3) is 4.58. The second kappa shape index (κ2) is 8.27. The van der Waals surface area contributed by atoms with Crippen molar-refractivity contribution in [3.63, 3.8) is 0 Å². The summed E-state index contributed by atoms with van der Waals surface area (Å²) in [5.74, 6) is -0.188. The van der Waals surface area contributed by atoms with E-state index in [0.717, 1.165) is 12.8 Å². The molecule has 25 heavy (non-hydrogen) atoms. The number of carbonyl (C=O) groups excluding carboxylic acids is 1. The fraction of sp³-hybridized carbons (Fsp3) is 0.400. The van der Waals surface area contributed by atoms with Gasteiger partial charge in [-0.05, 0) is 25.0 Å². The number of aromatic amines is 1. The van der Waals surface area contributed by atoms with Crippen molar-refractivity contribution in [2.24, 2.45) is 0 Å². The largest absolute Gasteiger partial charge is 0.376 e. The Balaban J connectivity index is 1.60. The van der Waals surface area contributed by atoms with E-state index in [1.807, 2.05) is 0 Å². The fourth-order valence-corrected chi connectivity index (χ4v) is 3.59. The first kappa shape index (κ1) is 18.3. The Morgan fingerprint density at radius 3 is 3.08 bits per heavy atom. The average Bonchev–Trinajstić information content (AvgIpc) is 3.22. The number of nitrogens with one attached hydrogen (secondary N) is 2. The van der Waals surface area contributed by atoms with Gasteiger partial charge in [0.15, 0.2) is 5.16 Å². The van der Waals surface area contributed by atoms with Crippen molar-refractivity contribution in [1.29, 1.82) is 0 Å². The highest BCUT2D eigenvalue weighted by molar-refractivity contribution is 7.99.